The number of aryl methyl sites for hydroxylation is 1. The topological polar surface area (TPSA) is 96.3 Å². The fourth-order valence-electron chi connectivity index (χ4n) is 3.35. The lowest BCUT2D eigenvalue weighted by molar-refractivity contribution is -0.126. The van der Waals surface area contributed by atoms with E-state index < -0.39 is 10.1 Å². The molecule has 0 aliphatic heterocycles. The van der Waals surface area contributed by atoms with Crippen LogP contribution in [0.4, 0.5) is 0 Å². The number of amides is 1. The molecule has 1 aliphatic carbocycles. The summed E-state index contributed by atoms with van der Waals surface area (Å²) in [6.07, 6.45) is 3.27. The maximum absolute atomic E-state index is 12.4. The van der Waals surface area contributed by atoms with Crippen molar-refractivity contribution in [1.29, 1.82) is 5.26 Å². The fourth-order valence-corrected chi connectivity index (χ4v) is 4.26. The molecule has 0 aromatic heterocycles. The summed E-state index contributed by atoms with van der Waals surface area (Å²) in [5.74, 6) is -0.722. The Morgan fingerprint density at radius 1 is 1.38 bits per heavy atom. The van der Waals surface area contributed by atoms with Gasteiger partial charge < -0.3 is 5.32 Å². The Balaban J connectivity index is 2.45. The van der Waals surface area contributed by atoms with Crippen LogP contribution in [-0.2, 0) is 19.1 Å². The second kappa shape index (κ2) is 7.77. The lowest BCUT2D eigenvalue weighted by Crippen LogP contribution is -2.36. The third-order valence-electron chi connectivity index (χ3n) is 4.50. The van der Waals surface area contributed by atoms with Gasteiger partial charge in [0, 0.05) is 5.92 Å². The van der Waals surface area contributed by atoms with Crippen molar-refractivity contribution in [2.45, 2.75) is 43.4 Å². The summed E-state index contributed by atoms with van der Waals surface area (Å²) in [6, 6.07) is 6.99. The second-order valence-corrected chi connectivity index (χ2v) is 7.72. The Bertz CT molecular complexity index is 752. The predicted molar refractivity (Wildman–Crippen MR) is 88.7 cm³/mol. The Morgan fingerprint density at radius 2 is 2.08 bits per heavy atom. The van der Waals surface area contributed by atoms with Crippen LogP contribution in [0.1, 0.15) is 42.7 Å². The zero-order valence-corrected chi connectivity index (χ0v) is 14.7. The van der Waals surface area contributed by atoms with E-state index in [-0.39, 0.29) is 29.2 Å². The van der Waals surface area contributed by atoms with Crippen LogP contribution in [0.3, 0.4) is 0 Å². The van der Waals surface area contributed by atoms with Crippen molar-refractivity contribution in [3.05, 3.63) is 29.3 Å². The van der Waals surface area contributed by atoms with Crippen LogP contribution in [0.5, 0.6) is 0 Å². The van der Waals surface area contributed by atoms with E-state index in [0.29, 0.717) is 12.0 Å². The molecule has 1 fully saturated rings. The van der Waals surface area contributed by atoms with Gasteiger partial charge in [-0.2, -0.15) is 13.7 Å². The molecule has 24 heavy (non-hydrogen) atoms. The maximum Gasteiger partial charge on any atom is 0.296 e. The summed E-state index contributed by atoms with van der Waals surface area (Å²) in [4.78, 5) is 12.5. The molecule has 130 valence electrons. The first-order valence-corrected chi connectivity index (χ1v) is 9.37. The molecular formula is C17H22N2O4S. The van der Waals surface area contributed by atoms with Crippen molar-refractivity contribution < 1.29 is 17.4 Å². The van der Waals surface area contributed by atoms with Crippen molar-refractivity contribution in [3.63, 3.8) is 0 Å². The Hall–Kier alpha value is -1.91. The van der Waals surface area contributed by atoms with Crippen molar-refractivity contribution in [1.82, 2.24) is 5.32 Å². The Morgan fingerprint density at radius 3 is 2.75 bits per heavy atom. The number of carbonyl (C=O) groups excluding carboxylic acids is 1. The largest absolute Gasteiger partial charge is 0.343 e. The van der Waals surface area contributed by atoms with Gasteiger partial charge in [0.2, 0.25) is 5.91 Å². The molecule has 2 rings (SSSR count). The quantitative estimate of drug-likeness (QED) is 0.649. The first-order chi connectivity index (χ1) is 11.4. The summed E-state index contributed by atoms with van der Waals surface area (Å²) in [5, 5.41) is 11.3. The molecule has 0 bridgehead atoms. The summed E-state index contributed by atoms with van der Waals surface area (Å²) >= 11 is 0. The lowest BCUT2D eigenvalue weighted by atomic mass is 9.74. The monoisotopic (exact) mass is 350 g/mol. The second-order valence-electron chi connectivity index (χ2n) is 6.04. The van der Waals surface area contributed by atoms with E-state index in [1.807, 2.05) is 19.1 Å². The van der Waals surface area contributed by atoms with Crippen molar-refractivity contribution in [2.24, 2.45) is 5.92 Å². The Kier molecular flexibility index (Phi) is 5.97. The summed E-state index contributed by atoms with van der Waals surface area (Å²) in [6.45, 7) is 1.85. The van der Waals surface area contributed by atoms with Gasteiger partial charge in [0.25, 0.3) is 10.1 Å². The molecule has 0 saturated heterocycles. The predicted octanol–water partition coefficient (Wildman–Crippen LogP) is 2.24. The molecule has 1 saturated carbocycles. The third-order valence-corrected chi connectivity index (χ3v) is 5.85. The average molecular weight is 350 g/mol. The number of hydrogen-bond donors (Lipinski definition) is 1. The van der Waals surface area contributed by atoms with Crippen LogP contribution < -0.4 is 5.32 Å². The van der Waals surface area contributed by atoms with Gasteiger partial charge in [-0.05, 0) is 37.3 Å². The van der Waals surface area contributed by atoms with Gasteiger partial charge in [-0.15, -0.1) is 0 Å². The van der Waals surface area contributed by atoms with Crippen LogP contribution in [0.2, 0.25) is 0 Å². The highest BCUT2D eigenvalue weighted by Gasteiger charge is 2.35. The van der Waals surface area contributed by atoms with Crippen LogP contribution in [0.25, 0.3) is 0 Å². The minimum Gasteiger partial charge on any atom is -0.343 e. The molecule has 1 N–H and O–H groups in total. The number of carbonyl (C=O) groups is 1. The van der Waals surface area contributed by atoms with Gasteiger partial charge in [0.1, 0.15) is 6.54 Å². The van der Waals surface area contributed by atoms with Crippen LogP contribution in [-0.4, -0.2) is 28.0 Å². The lowest BCUT2D eigenvalue weighted by Gasteiger charge is -2.32. The van der Waals surface area contributed by atoms with E-state index in [1.165, 1.54) is 0 Å². The maximum atomic E-state index is 12.4. The number of hydrogen-bond acceptors (Lipinski definition) is 5. The average Bonchev–Trinajstić information content (AvgIpc) is 2.59. The molecular weight excluding hydrogens is 328 g/mol. The third kappa shape index (κ3) is 3.94. The van der Waals surface area contributed by atoms with Crippen LogP contribution in [0, 0.1) is 24.2 Å². The highest BCUT2D eigenvalue weighted by molar-refractivity contribution is 7.86. The van der Waals surface area contributed by atoms with Gasteiger partial charge in [0.05, 0.1) is 18.1 Å². The van der Waals surface area contributed by atoms with E-state index in [4.69, 9.17) is 5.26 Å². The smallest absolute Gasteiger partial charge is 0.296 e. The van der Waals surface area contributed by atoms with Gasteiger partial charge in [-0.3, -0.25) is 8.98 Å². The molecule has 0 radical (unpaired) electrons. The molecule has 2 atom stereocenters. The fraction of sp³-hybridized carbons (Fsp3) is 0.529. The first-order valence-electron chi connectivity index (χ1n) is 7.96. The molecule has 0 unspecified atom stereocenters. The van der Waals surface area contributed by atoms with Gasteiger partial charge in [-0.1, -0.05) is 30.5 Å². The number of rotatable bonds is 5. The van der Waals surface area contributed by atoms with Gasteiger partial charge in [-0.25, -0.2) is 0 Å². The molecule has 1 aromatic carbocycles. The van der Waals surface area contributed by atoms with Crippen LogP contribution in [0.15, 0.2) is 23.1 Å². The summed E-state index contributed by atoms with van der Waals surface area (Å²) in [5.41, 5.74) is 1.57. The SMILES string of the molecule is COS(=O)(=O)c1ccc(C)cc1[C@@H]1CCCC[C@H]1C(=O)NCC#N. The van der Waals surface area contributed by atoms with E-state index in [9.17, 15) is 13.2 Å². The minimum atomic E-state index is -3.85. The summed E-state index contributed by atoms with van der Waals surface area (Å²) in [7, 11) is -2.71. The molecule has 0 heterocycles. The molecule has 1 aromatic rings. The molecule has 7 heteroatoms. The van der Waals surface area contributed by atoms with E-state index in [1.54, 1.807) is 12.1 Å². The summed E-state index contributed by atoms with van der Waals surface area (Å²) < 4.78 is 29.2. The highest BCUT2D eigenvalue weighted by atomic mass is 32.2. The minimum absolute atomic E-state index is 0.0426. The molecule has 6 nitrogen and oxygen atoms in total. The number of nitrogens with zero attached hydrogens (tertiary/aromatic N) is 1. The number of nitrogens with one attached hydrogen (secondary N) is 1. The van der Waals surface area contributed by atoms with Gasteiger partial charge in [0.15, 0.2) is 0 Å². The highest BCUT2D eigenvalue weighted by Crippen LogP contribution is 2.41. The van der Waals surface area contributed by atoms with Gasteiger partial charge >= 0.3 is 0 Å². The number of nitriles is 1. The van der Waals surface area contributed by atoms with E-state index in [0.717, 1.165) is 31.9 Å². The van der Waals surface area contributed by atoms with E-state index >= 15 is 0 Å². The van der Waals surface area contributed by atoms with Crippen LogP contribution >= 0.6 is 0 Å². The van der Waals surface area contributed by atoms with Crippen molar-refractivity contribution in [2.75, 3.05) is 13.7 Å². The zero-order valence-electron chi connectivity index (χ0n) is 13.9. The van der Waals surface area contributed by atoms with Crippen molar-refractivity contribution >= 4 is 16.0 Å². The molecule has 1 aliphatic rings. The molecule has 0 spiro atoms. The van der Waals surface area contributed by atoms with E-state index in [2.05, 4.69) is 9.50 Å². The normalized spacial score (nSPS) is 21.0. The first kappa shape index (κ1) is 18.4. The zero-order chi connectivity index (χ0) is 17.7. The molecule has 1 amide bonds. The van der Waals surface area contributed by atoms with Crippen molar-refractivity contribution in [3.8, 4) is 6.07 Å². The Labute approximate surface area is 142 Å². The number of benzene rings is 1. The standard InChI is InChI=1S/C17H22N2O4S/c1-12-7-8-16(24(21,22)23-2)15(11-12)13-5-3-4-6-14(13)17(20)19-10-9-18/h7-8,11,13-14H,3-6,10H2,1-2H3,(H,19,20)/t13-,14-/m1/s1.